The van der Waals surface area contributed by atoms with Gasteiger partial charge in [-0.1, -0.05) is 19.3 Å². The monoisotopic (exact) mass is 293 g/mol. The molecule has 1 aliphatic rings. The topological polar surface area (TPSA) is 101 Å². The Morgan fingerprint density at radius 1 is 1.24 bits per heavy atom. The third-order valence-electron chi connectivity index (χ3n) is 3.73. The molecule has 0 radical (unpaired) electrons. The average Bonchev–Trinajstić information content (AvgIpc) is 2.72. The SMILES string of the molecule is COC(=O)c1ccc(NC2CCCCCC2C(=O)O)nn1. The number of carboxylic acids is 1. The zero-order chi connectivity index (χ0) is 15.2. The quantitative estimate of drug-likeness (QED) is 0.643. The van der Waals surface area contributed by atoms with Gasteiger partial charge in [-0.05, 0) is 25.0 Å². The van der Waals surface area contributed by atoms with Crippen LogP contribution in [0.4, 0.5) is 5.82 Å². The van der Waals surface area contributed by atoms with Gasteiger partial charge in [0.05, 0.1) is 13.0 Å². The van der Waals surface area contributed by atoms with Crippen molar-refractivity contribution in [1.29, 1.82) is 0 Å². The molecule has 114 valence electrons. The summed E-state index contributed by atoms with van der Waals surface area (Å²) in [5.74, 6) is -1.28. The molecule has 0 bridgehead atoms. The van der Waals surface area contributed by atoms with Crippen LogP contribution >= 0.6 is 0 Å². The second kappa shape index (κ2) is 7.01. The molecule has 1 aromatic heterocycles. The van der Waals surface area contributed by atoms with E-state index >= 15 is 0 Å². The van der Waals surface area contributed by atoms with Crippen LogP contribution in [-0.2, 0) is 9.53 Å². The molecule has 2 unspecified atom stereocenters. The lowest BCUT2D eigenvalue weighted by Crippen LogP contribution is -2.34. The molecule has 1 heterocycles. The van der Waals surface area contributed by atoms with Crippen molar-refractivity contribution in [2.24, 2.45) is 5.92 Å². The number of esters is 1. The van der Waals surface area contributed by atoms with E-state index in [4.69, 9.17) is 0 Å². The Labute approximate surface area is 122 Å². The highest BCUT2D eigenvalue weighted by atomic mass is 16.5. The Balaban J connectivity index is 2.07. The van der Waals surface area contributed by atoms with E-state index < -0.39 is 17.9 Å². The molecule has 7 heteroatoms. The van der Waals surface area contributed by atoms with E-state index in [1.54, 1.807) is 6.07 Å². The molecule has 1 aromatic rings. The van der Waals surface area contributed by atoms with Crippen molar-refractivity contribution in [2.45, 2.75) is 38.1 Å². The number of nitrogens with zero attached hydrogens (tertiary/aromatic N) is 2. The lowest BCUT2D eigenvalue weighted by Gasteiger charge is -2.23. The molecule has 1 saturated carbocycles. The minimum Gasteiger partial charge on any atom is -0.481 e. The summed E-state index contributed by atoms with van der Waals surface area (Å²) in [6.45, 7) is 0. The third-order valence-corrected chi connectivity index (χ3v) is 3.73. The number of methoxy groups -OCH3 is 1. The maximum absolute atomic E-state index is 11.4. The van der Waals surface area contributed by atoms with Crippen molar-refractivity contribution in [3.63, 3.8) is 0 Å². The van der Waals surface area contributed by atoms with Crippen LogP contribution in [0.25, 0.3) is 0 Å². The van der Waals surface area contributed by atoms with E-state index in [9.17, 15) is 14.7 Å². The lowest BCUT2D eigenvalue weighted by atomic mass is 9.95. The highest BCUT2D eigenvalue weighted by Crippen LogP contribution is 2.26. The first-order valence-electron chi connectivity index (χ1n) is 7.03. The molecule has 7 nitrogen and oxygen atoms in total. The standard InChI is InChI=1S/C14H19N3O4/c1-21-14(20)11-7-8-12(17-16-11)15-10-6-4-2-3-5-9(10)13(18)19/h7-10H,2-6H2,1H3,(H,15,17)(H,18,19). The molecule has 2 atom stereocenters. The Morgan fingerprint density at radius 3 is 2.62 bits per heavy atom. The fourth-order valence-corrected chi connectivity index (χ4v) is 2.59. The van der Waals surface area contributed by atoms with Crippen LogP contribution in [-0.4, -0.2) is 40.4 Å². The predicted octanol–water partition coefficient (Wildman–Crippen LogP) is 1.71. The summed E-state index contributed by atoms with van der Waals surface area (Å²) in [6.07, 6.45) is 4.43. The summed E-state index contributed by atoms with van der Waals surface area (Å²) >= 11 is 0. The fourth-order valence-electron chi connectivity index (χ4n) is 2.59. The number of carbonyl (C=O) groups is 2. The zero-order valence-electron chi connectivity index (χ0n) is 11.9. The number of hydrogen-bond donors (Lipinski definition) is 2. The number of carboxylic acid groups (broad SMARTS) is 1. The first-order valence-corrected chi connectivity index (χ1v) is 7.03. The van der Waals surface area contributed by atoms with Crippen LogP contribution in [0.1, 0.15) is 42.6 Å². The van der Waals surface area contributed by atoms with E-state index in [1.807, 2.05) is 0 Å². The first-order chi connectivity index (χ1) is 10.1. The van der Waals surface area contributed by atoms with E-state index in [0.717, 1.165) is 25.7 Å². The molecular weight excluding hydrogens is 274 g/mol. The van der Waals surface area contributed by atoms with E-state index in [0.29, 0.717) is 12.2 Å². The summed E-state index contributed by atoms with van der Waals surface area (Å²) < 4.78 is 4.55. The minimum atomic E-state index is -0.784. The number of carbonyl (C=O) groups excluding carboxylic acids is 1. The minimum absolute atomic E-state index is 0.124. The van der Waals surface area contributed by atoms with Gasteiger partial charge >= 0.3 is 11.9 Å². The maximum atomic E-state index is 11.4. The number of aliphatic carboxylic acids is 1. The maximum Gasteiger partial charge on any atom is 0.358 e. The molecule has 0 aliphatic heterocycles. The van der Waals surface area contributed by atoms with Crippen LogP contribution in [0.5, 0.6) is 0 Å². The Morgan fingerprint density at radius 2 is 2.00 bits per heavy atom. The molecule has 21 heavy (non-hydrogen) atoms. The van der Waals surface area contributed by atoms with Gasteiger partial charge in [0, 0.05) is 6.04 Å². The van der Waals surface area contributed by atoms with Crippen LogP contribution in [0.2, 0.25) is 0 Å². The molecule has 0 aromatic carbocycles. The van der Waals surface area contributed by atoms with Crippen molar-refractivity contribution in [1.82, 2.24) is 10.2 Å². The number of nitrogens with one attached hydrogen (secondary N) is 1. The number of aromatic nitrogens is 2. The van der Waals surface area contributed by atoms with Crippen LogP contribution in [0, 0.1) is 5.92 Å². The van der Waals surface area contributed by atoms with Crippen LogP contribution in [0.15, 0.2) is 12.1 Å². The zero-order valence-corrected chi connectivity index (χ0v) is 11.9. The summed E-state index contributed by atoms with van der Waals surface area (Å²) in [6, 6.07) is 2.96. The number of rotatable bonds is 4. The van der Waals surface area contributed by atoms with Crippen molar-refractivity contribution in [3.05, 3.63) is 17.8 Å². The predicted molar refractivity (Wildman–Crippen MR) is 75.0 cm³/mol. The third kappa shape index (κ3) is 3.90. The van der Waals surface area contributed by atoms with Crippen LogP contribution in [0.3, 0.4) is 0 Å². The van der Waals surface area contributed by atoms with Gasteiger partial charge in [0.15, 0.2) is 5.69 Å². The second-order valence-corrected chi connectivity index (χ2v) is 5.13. The van der Waals surface area contributed by atoms with Crippen molar-refractivity contribution in [2.75, 3.05) is 12.4 Å². The lowest BCUT2D eigenvalue weighted by molar-refractivity contribution is -0.142. The largest absolute Gasteiger partial charge is 0.481 e. The van der Waals surface area contributed by atoms with Gasteiger partial charge < -0.3 is 15.2 Å². The van der Waals surface area contributed by atoms with Crippen LogP contribution < -0.4 is 5.32 Å². The molecule has 0 saturated heterocycles. The number of ether oxygens (including phenoxy) is 1. The molecule has 1 fully saturated rings. The van der Waals surface area contributed by atoms with Gasteiger partial charge in [0.2, 0.25) is 0 Å². The molecular formula is C14H19N3O4. The van der Waals surface area contributed by atoms with Gasteiger partial charge in [0.25, 0.3) is 0 Å². The smallest absolute Gasteiger partial charge is 0.358 e. The van der Waals surface area contributed by atoms with Crippen molar-refractivity contribution < 1.29 is 19.4 Å². The number of hydrogen-bond acceptors (Lipinski definition) is 6. The van der Waals surface area contributed by atoms with E-state index in [2.05, 4.69) is 20.3 Å². The highest BCUT2D eigenvalue weighted by Gasteiger charge is 2.29. The summed E-state index contributed by atoms with van der Waals surface area (Å²) in [7, 11) is 1.28. The summed E-state index contributed by atoms with van der Waals surface area (Å²) in [5, 5.41) is 20.1. The number of anilines is 1. The summed E-state index contributed by atoms with van der Waals surface area (Å²) in [4.78, 5) is 22.6. The van der Waals surface area contributed by atoms with Gasteiger partial charge in [-0.2, -0.15) is 0 Å². The van der Waals surface area contributed by atoms with Gasteiger partial charge in [-0.15, -0.1) is 10.2 Å². The van der Waals surface area contributed by atoms with Gasteiger partial charge in [-0.25, -0.2) is 4.79 Å². The average molecular weight is 293 g/mol. The Kier molecular flexibility index (Phi) is 5.08. The molecule has 0 spiro atoms. The Hall–Kier alpha value is -2.18. The van der Waals surface area contributed by atoms with E-state index in [1.165, 1.54) is 13.2 Å². The van der Waals surface area contributed by atoms with Gasteiger partial charge in [0.1, 0.15) is 5.82 Å². The van der Waals surface area contributed by atoms with E-state index in [-0.39, 0.29) is 11.7 Å². The summed E-state index contributed by atoms with van der Waals surface area (Å²) in [5.41, 5.74) is 0.124. The highest BCUT2D eigenvalue weighted by molar-refractivity contribution is 5.86. The molecule has 1 aliphatic carbocycles. The molecule has 2 rings (SSSR count). The Bertz CT molecular complexity index is 503. The first kappa shape index (κ1) is 15.2. The van der Waals surface area contributed by atoms with Crippen molar-refractivity contribution >= 4 is 17.8 Å². The van der Waals surface area contributed by atoms with Crippen molar-refractivity contribution in [3.8, 4) is 0 Å². The fraction of sp³-hybridized carbons (Fsp3) is 0.571. The second-order valence-electron chi connectivity index (χ2n) is 5.13. The normalized spacial score (nSPS) is 22.1. The molecule has 2 N–H and O–H groups in total. The molecule has 0 amide bonds. The van der Waals surface area contributed by atoms with Gasteiger partial charge in [-0.3, -0.25) is 4.79 Å².